The molecule has 0 unspecified atom stereocenters. The van der Waals surface area contributed by atoms with Crippen molar-refractivity contribution in [2.45, 2.75) is 40.2 Å². The number of rotatable bonds is 7. The molecule has 0 aliphatic rings. The first kappa shape index (κ1) is 21.1. The normalized spacial score (nSPS) is 11.2. The molecule has 0 amide bonds. The molecular formula is C24H25N3O3S. The van der Waals surface area contributed by atoms with Crippen LogP contribution in [0.4, 0.5) is 0 Å². The molecule has 7 heteroatoms. The molecular weight excluding hydrogens is 410 g/mol. The van der Waals surface area contributed by atoms with Crippen LogP contribution in [0.2, 0.25) is 0 Å². The second-order valence-corrected chi connectivity index (χ2v) is 8.63. The maximum atomic E-state index is 13.4. The molecule has 4 aromatic rings. The van der Waals surface area contributed by atoms with E-state index < -0.39 is 0 Å². The number of aromatic amines is 1. The molecule has 0 spiro atoms. The molecule has 31 heavy (non-hydrogen) atoms. The SMILES string of the molecule is CCCOc1c[nH]c(Cn2c(-c3ccc(C)cc3)nc3sc(CC)cc3c2=O)cc1=O. The highest BCUT2D eigenvalue weighted by Crippen LogP contribution is 2.26. The van der Waals surface area contributed by atoms with Crippen LogP contribution in [0.3, 0.4) is 0 Å². The second kappa shape index (κ2) is 8.89. The quantitative estimate of drug-likeness (QED) is 0.463. The number of hydrogen-bond acceptors (Lipinski definition) is 5. The molecule has 3 aromatic heterocycles. The average molecular weight is 436 g/mol. The Balaban J connectivity index is 1.83. The number of H-pyrrole nitrogens is 1. The molecule has 0 radical (unpaired) electrons. The molecule has 4 rings (SSSR count). The van der Waals surface area contributed by atoms with Gasteiger partial charge in [-0.1, -0.05) is 43.7 Å². The standard InChI is InChI=1S/C24H25N3O3S/c1-4-10-30-21-13-25-17(11-20(21)28)14-27-22(16-8-6-15(3)7-9-16)26-23-19(24(27)29)12-18(5-2)31-23/h6-9,11-13H,4-5,10,14H2,1-3H3,(H,25,28). The lowest BCUT2D eigenvalue weighted by molar-refractivity contribution is 0.313. The molecule has 1 N–H and O–H groups in total. The molecule has 160 valence electrons. The van der Waals surface area contributed by atoms with Crippen molar-refractivity contribution in [1.29, 1.82) is 0 Å². The molecule has 1 aromatic carbocycles. The first-order valence-corrected chi connectivity index (χ1v) is 11.3. The van der Waals surface area contributed by atoms with Gasteiger partial charge in [-0.3, -0.25) is 14.2 Å². The monoisotopic (exact) mass is 435 g/mol. The number of ether oxygens (including phenoxy) is 1. The Bertz CT molecular complexity index is 1330. The van der Waals surface area contributed by atoms with Crippen LogP contribution >= 0.6 is 11.3 Å². The minimum absolute atomic E-state index is 0.108. The van der Waals surface area contributed by atoms with E-state index in [4.69, 9.17) is 9.72 Å². The molecule has 6 nitrogen and oxygen atoms in total. The Labute approximate surface area is 184 Å². The number of hydrogen-bond donors (Lipinski definition) is 1. The fourth-order valence-electron chi connectivity index (χ4n) is 3.40. The third-order valence-electron chi connectivity index (χ3n) is 5.09. The zero-order valence-corrected chi connectivity index (χ0v) is 18.7. The van der Waals surface area contributed by atoms with Gasteiger partial charge in [0.2, 0.25) is 5.43 Å². The Kier molecular flexibility index (Phi) is 6.04. The lowest BCUT2D eigenvalue weighted by Crippen LogP contribution is -2.24. The molecule has 0 fully saturated rings. The van der Waals surface area contributed by atoms with Gasteiger partial charge < -0.3 is 9.72 Å². The minimum Gasteiger partial charge on any atom is -0.488 e. The lowest BCUT2D eigenvalue weighted by atomic mass is 10.1. The van der Waals surface area contributed by atoms with Crippen molar-refractivity contribution in [1.82, 2.24) is 14.5 Å². The summed E-state index contributed by atoms with van der Waals surface area (Å²) in [5.74, 6) is 0.880. The van der Waals surface area contributed by atoms with Crippen LogP contribution < -0.4 is 15.7 Å². The van der Waals surface area contributed by atoms with Crippen molar-refractivity contribution in [3.8, 4) is 17.1 Å². The smallest absolute Gasteiger partial charge is 0.262 e. The Hall–Kier alpha value is -3.19. The number of fused-ring (bicyclic) bond motifs is 1. The Morgan fingerprint density at radius 1 is 1.13 bits per heavy atom. The number of aryl methyl sites for hydroxylation is 2. The highest BCUT2D eigenvalue weighted by molar-refractivity contribution is 7.18. The topological polar surface area (TPSA) is 77.0 Å². The Morgan fingerprint density at radius 3 is 2.58 bits per heavy atom. The summed E-state index contributed by atoms with van der Waals surface area (Å²) in [7, 11) is 0. The highest BCUT2D eigenvalue weighted by Gasteiger charge is 2.16. The van der Waals surface area contributed by atoms with Crippen molar-refractivity contribution in [2.75, 3.05) is 6.61 Å². The van der Waals surface area contributed by atoms with Crippen molar-refractivity contribution >= 4 is 21.6 Å². The molecule has 0 atom stereocenters. The predicted molar refractivity (Wildman–Crippen MR) is 125 cm³/mol. The predicted octanol–water partition coefficient (Wildman–Crippen LogP) is 4.52. The summed E-state index contributed by atoms with van der Waals surface area (Å²) in [5, 5.41) is 0.614. The average Bonchev–Trinajstić information content (AvgIpc) is 3.19. The van der Waals surface area contributed by atoms with Gasteiger partial charge in [0.15, 0.2) is 5.75 Å². The first-order chi connectivity index (χ1) is 15.0. The van der Waals surface area contributed by atoms with E-state index in [0.717, 1.165) is 33.7 Å². The van der Waals surface area contributed by atoms with Crippen molar-refractivity contribution in [3.05, 3.63) is 79.3 Å². The van der Waals surface area contributed by atoms with E-state index in [-0.39, 0.29) is 23.3 Å². The summed E-state index contributed by atoms with van der Waals surface area (Å²) in [6, 6.07) is 11.4. The number of benzene rings is 1. The molecule has 3 heterocycles. The fourth-order valence-corrected chi connectivity index (χ4v) is 4.35. The van der Waals surface area contributed by atoms with Gasteiger partial charge in [0.05, 0.1) is 18.5 Å². The van der Waals surface area contributed by atoms with Crippen LogP contribution in [0.1, 0.15) is 36.4 Å². The Morgan fingerprint density at radius 2 is 1.90 bits per heavy atom. The van der Waals surface area contributed by atoms with E-state index in [2.05, 4.69) is 11.9 Å². The second-order valence-electron chi connectivity index (χ2n) is 7.51. The molecule has 0 aliphatic heterocycles. The number of pyridine rings is 1. The maximum Gasteiger partial charge on any atom is 0.262 e. The third kappa shape index (κ3) is 4.32. The number of nitrogens with zero attached hydrogens (tertiary/aromatic N) is 2. The van der Waals surface area contributed by atoms with Crippen LogP contribution in [-0.4, -0.2) is 21.1 Å². The van der Waals surface area contributed by atoms with Crippen LogP contribution in [0.25, 0.3) is 21.6 Å². The van der Waals surface area contributed by atoms with E-state index in [1.807, 2.05) is 44.2 Å². The van der Waals surface area contributed by atoms with E-state index >= 15 is 0 Å². The van der Waals surface area contributed by atoms with Crippen LogP contribution in [0.5, 0.6) is 5.75 Å². The summed E-state index contributed by atoms with van der Waals surface area (Å²) < 4.78 is 7.10. The largest absolute Gasteiger partial charge is 0.488 e. The molecule has 0 saturated heterocycles. The number of nitrogens with one attached hydrogen (secondary N) is 1. The van der Waals surface area contributed by atoms with Gasteiger partial charge in [-0.15, -0.1) is 11.3 Å². The van der Waals surface area contributed by atoms with Gasteiger partial charge >= 0.3 is 0 Å². The molecule has 0 bridgehead atoms. The molecule has 0 saturated carbocycles. The van der Waals surface area contributed by atoms with Crippen LogP contribution in [-0.2, 0) is 13.0 Å². The maximum absolute atomic E-state index is 13.4. The van der Waals surface area contributed by atoms with Gasteiger partial charge in [-0.05, 0) is 25.8 Å². The minimum atomic E-state index is -0.204. The van der Waals surface area contributed by atoms with Crippen molar-refractivity contribution in [3.63, 3.8) is 0 Å². The summed E-state index contributed by atoms with van der Waals surface area (Å²) in [5.41, 5.74) is 2.31. The van der Waals surface area contributed by atoms with Gasteiger partial charge in [0.1, 0.15) is 10.7 Å². The van der Waals surface area contributed by atoms with E-state index in [0.29, 0.717) is 23.5 Å². The van der Waals surface area contributed by atoms with Gasteiger partial charge in [-0.25, -0.2) is 4.98 Å². The van der Waals surface area contributed by atoms with Gasteiger partial charge in [0, 0.05) is 28.4 Å². The van der Waals surface area contributed by atoms with Crippen molar-refractivity contribution < 1.29 is 4.74 Å². The van der Waals surface area contributed by atoms with Crippen LogP contribution in [0, 0.1) is 6.92 Å². The summed E-state index contributed by atoms with van der Waals surface area (Å²) in [6.07, 6.45) is 3.24. The number of thiophene rings is 1. The van der Waals surface area contributed by atoms with Crippen molar-refractivity contribution in [2.24, 2.45) is 0 Å². The van der Waals surface area contributed by atoms with Crippen LogP contribution in [0.15, 0.2) is 52.2 Å². The highest BCUT2D eigenvalue weighted by atomic mass is 32.1. The number of aromatic nitrogens is 3. The first-order valence-electron chi connectivity index (χ1n) is 10.4. The zero-order valence-electron chi connectivity index (χ0n) is 17.9. The fraction of sp³-hybridized carbons (Fsp3) is 0.292. The zero-order chi connectivity index (χ0) is 22.0. The third-order valence-corrected chi connectivity index (χ3v) is 6.26. The molecule has 0 aliphatic carbocycles. The summed E-state index contributed by atoms with van der Waals surface area (Å²) >= 11 is 1.55. The summed E-state index contributed by atoms with van der Waals surface area (Å²) in [6.45, 7) is 6.77. The van der Waals surface area contributed by atoms with E-state index in [1.165, 1.54) is 6.07 Å². The van der Waals surface area contributed by atoms with Gasteiger partial charge in [0.25, 0.3) is 5.56 Å². The van der Waals surface area contributed by atoms with Gasteiger partial charge in [-0.2, -0.15) is 0 Å². The summed E-state index contributed by atoms with van der Waals surface area (Å²) in [4.78, 5) is 35.7. The van der Waals surface area contributed by atoms with E-state index in [1.54, 1.807) is 22.1 Å². The lowest BCUT2D eigenvalue weighted by Gasteiger charge is -2.13. The van der Waals surface area contributed by atoms with E-state index in [9.17, 15) is 9.59 Å².